The Morgan fingerprint density at radius 1 is 1.47 bits per heavy atom. The van der Waals surface area contributed by atoms with Crippen LogP contribution in [-0.4, -0.2) is 25.8 Å². The van der Waals surface area contributed by atoms with E-state index in [0.717, 1.165) is 12.1 Å². The van der Waals surface area contributed by atoms with Crippen LogP contribution < -0.4 is 5.32 Å². The second kappa shape index (κ2) is 6.69. The van der Waals surface area contributed by atoms with Gasteiger partial charge in [-0.2, -0.15) is 0 Å². The van der Waals surface area contributed by atoms with Gasteiger partial charge in [0.1, 0.15) is 5.82 Å². The van der Waals surface area contributed by atoms with Crippen molar-refractivity contribution in [2.45, 2.75) is 38.3 Å². The highest BCUT2D eigenvalue weighted by Crippen LogP contribution is 2.36. The summed E-state index contributed by atoms with van der Waals surface area (Å²) in [5, 5.41) is 3.68. The Balaban J connectivity index is 2.13. The molecule has 0 bridgehead atoms. The van der Waals surface area contributed by atoms with E-state index in [1.807, 2.05) is 6.07 Å². The maximum atomic E-state index is 13.5. The van der Waals surface area contributed by atoms with E-state index in [4.69, 9.17) is 16.3 Å². The Hall–Kier alpha value is -0.640. The highest BCUT2D eigenvalue weighted by molar-refractivity contribution is 6.31. The molecule has 2 unspecified atom stereocenters. The first-order valence-electron chi connectivity index (χ1n) is 6.86. The van der Waals surface area contributed by atoms with Crippen molar-refractivity contribution in [2.75, 3.05) is 13.7 Å². The van der Waals surface area contributed by atoms with Gasteiger partial charge in [-0.3, -0.25) is 0 Å². The van der Waals surface area contributed by atoms with Crippen molar-refractivity contribution in [2.24, 2.45) is 5.92 Å². The van der Waals surface area contributed by atoms with Crippen LogP contribution in [0.4, 0.5) is 4.39 Å². The summed E-state index contributed by atoms with van der Waals surface area (Å²) in [6.45, 7) is 2.93. The number of methoxy groups -OCH3 is 1. The van der Waals surface area contributed by atoms with Crippen LogP contribution in [0.3, 0.4) is 0 Å². The van der Waals surface area contributed by atoms with Crippen molar-refractivity contribution in [1.82, 2.24) is 5.32 Å². The third-order valence-corrected chi connectivity index (χ3v) is 4.12. The van der Waals surface area contributed by atoms with E-state index >= 15 is 0 Å². The fourth-order valence-electron chi connectivity index (χ4n) is 2.62. The molecule has 0 radical (unpaired) electrons. The maximum Gasteiger partial charge on any atom is 0.142 e. The molecule has 2 atom stereocenters. The van der Waals surface area contributed by atoms with Crippen LogP contribution in [0.15, 0.2) is 18.2 Å². The topological polar surface area (TPSA) is 21.3 Å². The minimum atomic E-state index is -0.352. The summed E-state index contributed by atoms with van der Waals surface area (Å²) in [5.41, 5.74) is 0.843. The van der Waals surface area contributed by atoms with Crippen molar-refractivity contribution in [3.8, 4) is 0 Å². The first-order chi connectivity index (χ1) is 9.17. The number of benzene rings is 1. The predicted octanol–water partition coefficient (Wildman–Crippen LogP) is 3.42. The molecule has 1 aromatic rings. The van der Waals surface area contributed by atoms with E-state index in [1.165, 1.54) is 18.9 Å². The molecule has 1 fully saturated rings. The lowest BCUT2D eigenvalue weighted by atomic mass is 9.98. The van der Waals surface area contributed by atoms with E-state index in [-0.39, 0.29) is 23.0 Å². The fraction of sp³-hybridized carbons (Fsp3) is 0.600. The first-order valence-corrected chi connectivity index (χ1v) is 7.24. The molecule has 0 heterocycles. The van der Waals surface area contributed by atoms with Crippen LogP contribution in [-0.2, 0) is 11.2 Å². The summed E-state index contributed by atoms with van der Waals surface area (Å²) in [4.78, 5) is 0. The number of nitrogens with one attached hydrogen (secondary N) is 1. The summed E-state index contributed by atoms with van der Waals surface area (Å²) in [5.74, 6) is 0.274. The average Bonchev–Trinajstić information content (AvgIpc) is 3.20. The molecule has 0 aliphatic heterocycles. The van der Waals surface area contributed by atoms with Gasteiger partial charge in [-0.25, -0.2) is 4.39 Å². The molecular formula is C15H21ClFNO. The Labute approximate surface area is 119 Å². The predicted molar refractivity (Wildman–Crippen MR) is 76.1 cm³/mol. The largest absolute Gasteiger partial charge is 0.380 e. The van der Waals surface area contributed by atoms with Crippen LogP contribution in [0, 0.1) is 11.7 Å². The molecule has 106 valence electrons. The molecule has 2 rings (SSSR count). The molecule has 1 aromatic carbocycles. The minimum absolute atomic E-state index is 0.180. The van der Waals surface area contributed by atoms with E-state index in [1.54, 1.807) is 13.2 Å². The molecule has 2 nitrogen and oxygen atoms in total. The summed E-state index contributed by atoms with van der Waals surface area (Å²) in [7, 11) is 1.75. The highest BCUT2D eigenvalue weighted by atomic mass is 35.5. The number of ether oxygens (including phenoxy) is 1. The van der Waals surface area contributed by atoms with E-state index in [9.17, 15) is 4.39 Å². The molecule has 0 spiro atoms. The van der Waals surface area contributed by atoms with Gasteiger partial charge in [0.15, 0.2) is 0 Å². The van der Waals surface area contributed by atoms with Crippen molar-refractivity contribution < 1.29 is 9.13 Å². The van der Waals surface area contributed by atoms with Gasteiger partial charge >= 0.3 is 0 Å². The standard InChI is InChI=1S/C15H21ClFNO/c1-3-18-13(15(19-2)10-7-8-10)9-11-5-4-6-12(17)14(11)16/h4-6,10,13,15,18H,3,7-9H2,1-2H3. The molecule has 1 aliphatic carbocycles. The van der Waals surface area contributed by atoms with Crippen LogP contribution >= 0.6 is 11.6 Å². The molecule has 1 aliphatic rings. The average molecular weight is 286 g/mol. The van der Waals surface area contributed by atoms with Gasteiger partial charge in [-0.05, 0) is 43.4 Å². The van der Waals surface area contributed by atoms with Crippen LogP contribution in [0.1, 0.15) is 25.3 Å². The Kier molecular flexibility index (Phi) is 5.20. The van der Waals surface area contributed by atoms with Crippen molar-refractivity contribution >= 4 is 11.6 Å². The van der Waals surface area contributed by atoms with E-state index in [0.29, 0.717) is 12.3 Å². The summed E-state index contributed by atoms with van der Waals surface area (Å²) < 4.78 is 19.1. The van der Waals surface area contributed by atoms with Gasteiger partial charge in [0.25, 0.3) is 0 Å². The highest BCUT2D eigenvalue weighted by Gasteiger charge is 2.36. The second-order valence-corrected chi connectivity index (χ2v) is 5.50. The smallest absolute Gasteiger partial charge is 0.142 e. The third kappa shape index (κ3) is 3.68. The van der Waals surface area contributed by atoms with Gasteiger partial charge in [-0.1, -0.05) is 30.7 Å². The van der Waals surface area contributed by atoms with Gasteiger partial charge < -0.3 is 10.1 Å². The van der Waals surface area contributed by atoms with Crippen molar-refractivity contribution in [1.29, 1.82) is 0 Å². The van der Waals surface area contributed by atoms with Gasteiger partial charge in [0.2, 0.25) is 0 Å². The molecular weight excluding hydrogens is 265 g/mol. The molecule has 0 aromatic heterocycles. The van der Waals surface area contributed by atoms with E-state index < -0.39 is 0 Å². The number of hydrogen-bond donors (Lipinski definition) is 1. The zero-order chi connectivity index (χ0) is 13.8. The summed E-state index contributed by atoms with van der Waals surface area (Å²) >= 11 is 6.04. The van der Waals surface area contributed by atoms with Crippen LogP contribution in [0.5, 0.6) is 0 Å². The lowest BCUT2D eigenvalue weighted by Gasteiger charge is -2.27. The Morgan fingerprint density at radius 3 is 2.79 bits per heavy atom. The Bertz CT molecular complexity index is 423. The normalized spacial score (nSPS) is 18.3. The third-order valence-electron chi connectivity index (χ3n) is 3.69. The van der Waals surface area contributed by atoms with Crippen molar-refractivity contribution in [3.05, 3.63) is 34.6 Å². The first kappa shape index (κ1) is 14.8. The summed E-state index contributed by atoms with van der Waals surface area (Å²) in [6, 6.07) is 5.17. The Morgan fingerprint density at radius 2 is 2.21 bits per heavy atom. The lowest BCUT2D eigenvalue weighted by molar-refractivity contribution is 0.0516. The van der Waals surface area contributed by atoms with Gasteiger partial charge in [0, 0.05) is 13.2 Å². The van der Waals surface area contributed by atoms with Crippen LogP contribution in [0.25, 0.3) is 0 Å². The lowest BCUT2D eigenvalue weighted by Crippen LogP contribution is -2.43. The molecule has 0 saturated heterocycles. The number of halogens is 2. The van der Waals surface area contributed by atoms with Crippen LogP contribution in [0.2, 0.25) is 5.02 Å². The fourth-order valence-corrected chi connectivity index (χ4v) is 2.82. The molecule has 4 heteroatoms. The number of rotatable bonds is 7. The van der Waals surface area contributed by atoms with E-state index in [2.05, 4.69) is 12.2 Å². The molecule has 0 amide bonds. The quantitative estimate of drug-likeness (QED) is 0.829. The summed E-state index contributed by atoms with van der Waals surface area (Å²) in [6.07, 6.45) is 3.31. The molecule has 1 saturated carbocycles. The molecule has 1 N–H and O–H groups in total. The monoisotopic (exact) mass is 285 g/mol. The zero-order valence-electron chi connectivity index (χ0n) is 11.5. The number of hydrogen-bond acceptors (Lipinski definition) is 2. The number of likely N-dealkylation sites (N-methyl/N-ethyl adjacent to an activating group) is 1. The minimum Gasteiger partial charge on any atom is -0.380 e. The second-order valence-electron chi connectivity index (χ2n) is 5.12. The van der Waals surface area contributed by atoms with Crippen molar-refractivity contribution in [3.63, 3.8) is 0 Å². The van der Waals surface area contributed by atoms with Gasteiger partial charge in [0.05, 0.1) is 11.1 Å². The maximum absolute atomic E-state index is 13.5. The van der Waals surface area contributed by atoms with Gasteiger partial charge in [-0.15, -0.1) is 0 Å². The SMILES string of the molecule is CCNC(Cc1cccc(F)c1Cl)C(OC)C1CC1. The molecule has 19 heavy (non-hydrogen) atoms. The zero-order valence-corrected chi connectivity index (χ0v) is 12.2.